The number of hydrogen-bond acceptors (Lipinski definition) is 1. The fourth-order valence-electron chi connectivity index (χ4n) is 2.85. The van der Waals surface area contributed by atoms with E-state index in [2.05, 4.69) is 0 Å². The fraction of sp³-hybridized carbons (Fsp3) is 0.400. The van der Waals surface area contributed by atoms with Crippen LogP contribution in [0.3, 0.4) is 0 Å². The molecule has 0 aliphatic heterocycles. The molecule has 0 heterocycles. The van der Waals surface area contributed by atoms with Gasteiger partial charge in [-0.25, -0.2) is 4.39 Å². The number of ether oxygens (including phenoxy) is 1. The summed E-state index contributed by atoms with van der Waals surface area (Å²) in [6, 6.07) is 10.1. The lowest BCUT2D eigenvalue weighted by Crippen LogP contribution is -2.21. The van der Waals surface area contributed by atoms with Crippen LogP contribution in [0, 0.1) is 11.2 Å². The molecule has 2 aromatic rings. The number of methoxy groups -OCH3 is 1. The van der Waals surface area contributed by atoms with Crippen molar-refractivity contribution >= 4 is 11.6 Å². The van der Waals surface area contributed by atoms with Crippen LogP contribution in [0.25, 0.3) is 11.1 Å². The molecule has 24 heavy (non-hydrogen) atoms. The second-order valence-corrected chi connectivity index (χ2v) is 7.24. The molecule has 0 N–H and O–H groups in total. The van der Waals surface area contributed by atoms with Crippen molar-refractivity contribution < 1.29 is 13.5 Å². The Kier molecular flexibility index (Phi) is 5.87. The number of benzene rings is 2. The van der Waals surface area contributed by atoms with Gasteiger partial charge in [0, 0.05) is 17.4 Å². The third-order valence-corrected chi connectivity index (χ3v) is 4.62. The summed E-state index contributed by atoms with van der Waals surface area (Å²) in [6.07, 6.45) is 0. The number of rotatable bonds is 5. The van der Waals surface area contributed by atoms with Crippen LogP contribution in [0.15, 0.2) is 36.4 Å². The minimum atomic E-state index is -0.520. The molecule has 2 aromatic carbocycles. The second kappa shape index (κ2) is 7.52. The van der Waals surface area contributed by atoms with Crippen LogP contribution >= 0.6 is 11.6 Å². The third-order valence-electron chi connectivity index (χ3n) is 4.31. The highest BCUT2D eigenvalue weighted by Crippen LogP contribution is 2.42. The lowest BCUT2D eigenvalue weighted by atomic mass is 9.74. The van der Waals surface area contributed by atoms with E-state index < -0.39 is 6.67 Å². The Hall–Kier alpha value is -1.61. The van der Waals surface area contributed by atoms with Gasteiger partial charge in [-0.3, -0.25) is 4.39 Å². The Balaban J connectivity index is 2.70. The van der Waals surface area contributed by atoms with Gasteiger partial charge in [-0.2, -0.15) is 0 Å². The van der Waals surface area contributed by atoms with Crippen molar-refractivity contribution in [3.8, 4) is 16.9 Å². The highest BCUT2D eigenvalue weighted by molar-refractivity contribution is 6.17. The Bertz CT molecular complexity index is 707. The zero-order valence-corrected chi connectivity index (χ0v) is 15.3. The van der Waals surface area contributed by atoms with Crippen LogP contribution in [-0.4, -0.2) is 13.8 Å². The molecular formula is C20H23ClF2O. The quantitative estimate of drug-likeness (QED) is 0.570. The summed E-state index contributed by atoms with van der Waals surface area (Å²) in [6.45, 7) is 5.43. The lowest BCUT2D eigenvalue weighted by molar-refractivity contribution is 0.263. The summed E-state index contributed by atoms with van der Waals surface area (Å²) in [4.78, 5) is 0. The lowest BCUT2D eigenvalue weighted by Gasteiger charge is -2.31. The normalized spacial score (nSPS) is 13.0. The summed E-state index contributed by atoms with van der Waals surface area (Å²) >= 11 is 5.95. The van der Waals surface area contributed by atoms with Crippen molar-refractivity contribution in [2.24, 2.45) is 5.41 Å². The Morgan fingerprint density at radius 3 is 2.33 bits per heavy atom. The average Bonchev–Trinajstić information content (AvgIpc) is 2.55. The molecule has 0 radical (unpaired) electrons. The van der Waals surface area contributed by atoms with Crippen LogP contribution < -0.4 is 4.74 Å². The molecule has 0 saturated carbocycles. The van der Waals surface area contributed by atoms with E-state index in [1.807, 2.05) is 39.0 Å². The molecule has 0 amide bonds. The summed E-state index contributed by atoms with van der Waals surface area (Å²) in [5.74, 6) is 0.173. The molecule has 1 unspecified atom stereocenters. The summed E-state index contributed by atoms with van der Waals surface area (Å²) in [5, 5.41) is 0. The van der Waals surface area contributed by atoms with E-state index in [-0.39, 0.29) is 17.2 Å². The standard InChI is InChI=1S/C20H23ClF2O/c1-20(2,3)18(12-22)16-9-13(11-21)5-7-15(16)17-10-14(24-4)6-8-19(17)23/h5-10,18H,11-12H2,1-4H3. The second-order valence-electron chi connectivity index (χ2n) is 6.97. The van der Waals surface area contributed by atoms with Crippen molar-refractivity contribution in [1.82, 2.24) is 0 Å². The van der Waals surface area contributed by atoms with E-state index in [0.29, 0.717) is 22.8 Å². The van der Waals surface area contributed by atoms with Crippen molar-refractivity contribution in [2.75, 3.05) is 13.8 Å². The van der Waals surface area contributed by atoms with Crippen LogP contribution in [0.1, 0.15) is 37.8 Å². The van der Waals surface area contributed by atoms with Crippen molar-refractivity contribution in [1.29, 1.82) is 0 Å². The average molecular weight is 353 g/mol. The maximum Gasteiger partial charge on any atom is 0.131 e. The first-order chi connectivity index (χ1) is 11.3. The first kappa shape index (κ1) is 18.7. The topological polar surface area (TPSA) is 9.23 Å². The van der Waals surface area contributed by atoms with E-state index in [1.54, 1.807) is 12.1 Å². The fourth-order valence-corrected chi connectivity index (χ4v) is 3.01. The maximum atomic E-state index is 14.4. The van der Waals surface area contributed by atoms with Gasteiger partial charge >= 0.3 is 0 Å². The van der Waals surface area contributed by atoms with Gasteiger partial charge < -0.3 is 4.74 Å². The van der Waals surface area contributed by atoms with Gasteiger partial charge in [0.05, 0.1) is 13.8 Å². The van der Waals surface area contributed by atoms with Crippen LogP contribution in [0.5, 0.6) is 5.75 Å². The van der Waals surface area contributed by atoms with Gasteiger partial charge in [-0.05, 0) is 40.3 Å². The molecular weight excluding hydrogens is 330 g/mol. The van der Waals surface area contributed by atoms with E-state index in [1.165, 1.54) is 13.2 Å². The van der Waals surface area contributed by atoms with Crippen LogP contribution in [-0.2, 0) is 5.88 Å². The van der Waals surface area contributed by atoms with Crippen LogP contribution in [0.4, 0.5) is 8.78 Å². The van der Waals surface area contributed by atoms with Gasteiger partial charge in [0.25, 0.3) is 0 Å². The minimum Gasteiger partial charge on any atom is -0.497 e. The molecule has 0 aliphatic rings. The molecule has 0 aliphatic carbocycles. The zero-order chi connectivity index (χ0) is 17.9. The zero-order valence-electron chi connectivity index (χ0n) is 14.5. The van der Waals surface area contributed by atoms with Gasteiger partial charge in [0.2, 0.25) is 0 Å². The van der Waals surface area contributed by atoms with E-state index in [9.17, 15) is 8.78 Å². The summed E-state index contributed by atoms with van der Waals surface area (Å²) < 4.78 is 33.5. The van der Waals surface area contributed by atoms with Gasteiger partial charge in [0.1, 0.15) is 11.6 Å². The molecule has 0 fully saturated rings. The number of hydrogen-bond donors (Lipinski definition) is 0. The Labute approximate surface area is 147 Å². The first-order valence-electron chi connectivity index (χ1n) is 7.90. The Morgan fingerprint density at radius 2 is 1.79 bits per heavy atom. The monoisotopic (exact) mass is 352 g/mol. The number of alkyl halides is 2. The minimum absolute atomic E-state index is 0.302. The smallest absolute Gasteiger partial charge is 0.131 e. The molecule has 2 rings (SSSR count). The molecule has 0 bridgehead atoms. The largest absolute Gasteiger partial charge is 0.497 e. The molecule has 4 heteroatoms. The predicted molar refractivity (Wildman–Crippen MR) is 96.1 cm³/mol. The molecule has 1 atom stereocenters. The third kappa shape index (κ3) is 3.89. The van der Waals surface area contributed by atoms with E-state index in [0.717, 1.165) is 11.1 Å². The molecule has 0 saturated heterocycles. The van der Waals surface area contributed by atoms with Crippen molar-refractivity contribution in [2.45, 2.75) is 32.6 Å². The van der Waals surface area contributed by atoms with Gasteiger partial charge in [-0.1, -0.05) is 39.0 Å². The number of halogens is 3. The highest BCUT2D eigenvalue weighted by Gasteiger charge is 2.29. The van der Waals surface area contributed by atoms with E-state index in [4.69, 9.17) is 16.3 Å². The molecule has 1 nitrogen and oxygen atoms in total. The van der Waals surface area contributed by atoms with Crippen LogP contribution in [0.2, 0.25) is 0 Å². The maximum absolute atomic E-state index is 14.4. The molecule has 0 aromatic heterocycles. The van der Waals surface area contributed by atoms with Gasteiger partial charge in [0.15, 0.2) is 0 Å². The predicted octanol–water partition coefficient (Wildman–Crippen LogP) is 6.34. The molecule has 0 spiro atoms. The first-order valence-corrected chi connectivity index (χ1v) is 8.44. The summed E-state index contributed by atoms with van der Waals surface area (Å²) in [5.41, 5.74) is 2.45. The van der Waals surface area contributed by atoms with Crippen molar-refractivity contribution in [3.05, 3.63) is 53.3 Å². The summed E-state index contributed by atoms with van der Waals surface area (Å²) in [7, 11) is 1.54. The Morgan fingerprint density at radius 1 is 1.08 bits per heavy atom. The van der Waals surface area contributed by atoms with Crippen molar-refractivity contribution in [3.63, 3.8) is 0 Å². The highest BCUT2D eigenvalue weighted by atomic mass is 35.5. The van der Waals surface area contributed by atoms with E-state index >= 15 is 0 Å². The van der Waals surface area contributed by atoms with Gasteiger partial charge in [-0.15, -0.1) is 11.6 Å². The molecule has 130 valence electrons. The SMILES string of the molecule is COc1ccc(F)c(-c2ccc(CCl)cc2C(CF)C(C)(C)C)c1.